The summed E-state index contributed by atoms with van der Waals surface area (Å²) in [4.78, 5) is 27.8. The van der Waals surface area contributed by atoms with Gasteiger partial charge in [0.2, 0.25) is 5.91 Å². The van der Waals surface area contributed by atoms with Crippen LogP contribution in [0.2, 0.25) is 0 Å². The molecule has 29 heavy (non-hydrogen) atoms. The van der Waals surface area contributed by atoms with Crippen LogP contribution >= 0.6 is 11.8 Å². The molecule has 1 fully saturated rings. The molecule has 0 spiro atoms. The number of imidazole rings is 1. The topological polar surface area (TPSA) is 64.0 Å². The molecule has 0 saturated carbocycles. The molecule has 0 aliphatic carbocycles. The molecule has 1 unspecified atom stereocenters. The van der Waals surface area contributed by atoms with E-state index in [9.17, 15) is 9.59 Å². The molecule has 5 rings (SSSR count). The van der Waals surface area contributed by atoms with E-state index in [4.69, 9.17) is 0 Å². The van der Waals surface area contributed by atoms with Crippen molar-refractivity contribution in [1.29, 1.82) is 0 Å². The van der Waals surface area contributed by atoms with Crippen LogP contribution in [0.15, 0.2) is 79.1 Å². The minimum Gasteiger partial charge on any atom is -0.327 e. The lowest BCUT2D eigenvalue weighted by Gasteiger charge is -2.11. The molecule has 1 atom stereocenters. The van der Waals surface area contributed by atoms with E-state index in [2.05, 4.69) is 45.2 Å². The summed E-state index contributed by atoms with van der Waals surface area (Å²) in [6, 6.07) is 22.5. The molecule has 1 aliphatic heterocycles. The molecule has 1 aromatic heterocycles. The van der Waals surface area contributed by atoms with Crippen molar-refractivity contribution in [1.82, 2.24) is 14.9 Å². The summed E-state index contributed by atoms with van der Waals surface area (Å²) in [5.41, 5.74) is 3.01. The normalized spacial score (nSPS) is 16.3. The second-order valence-corrected chi connectivity index (χ2v) is 8.03. The molecule has 0 bridgehead atoms. The van der Waals surface area contributed by atoms with Gasteiger partial charge in [0, 0.05) is 24.5 Å². The minimum atomic E-state index is -0.460. The van der Waals surface area contributed by atoms with Crippen molar-refractivity contribution < 1.29 is 9.59 Å². The molecule has 1 saturated heterocycles. The van der Waals surface area contributed by atoms with Crippen LogP contribution < -0.4 is 5.32 Å². The second kappa shape index (κ2) is 7.22. The Morgan fingerprint density at radius 2 is 1.76 bits per heavy atom. The number of nitrogens with one attached hydrogen (secondary N) is 1. The smallest absolute Gasteiger partial charge is 0.286 e. The van der Waals surface area contributed by atoms with E-state index < -0.39 is 5.25 Å². The fourth-order valence-electron chi connectivity index (χ4n) is 3.60. The van der Waals surface area contributed by atoms with E-state index in [1.165, 1.54) is 10.8 Å². The predicted octanol–water partition coefficient (Wildman–Crippen LogP) is 4.78. The first-order chi connectivity index (χ1) is 14.2. The average Bonchev–Trinajstić information content (AvgIpc) is 3.34. The number of carbonyl (C=O) groups excluding carboxylic acids is 2. The molecule has 142 valence electrons. The zero-order valence-electron chi connectivity index (χ0n) is 15.4. The Morgan fingerprint density at radius 3 is 2.52 bits per heavy atom. The van der Waals surface area contributed by atoms with Crippen LogP contribution in [-0.4, -0.2) is 20.7 Å². The Balaban J connectivity index is 1.40. The molecule has 1 aliphatic rings. The Labute approximate surface area is 171 Å². The lowest BCUT2D eigenvalue weighted by molar-refractivity contribution is -0.119. The second-order valence-electron chi connectivity index (χ2n) is 6.96. The van der Waals surface area contributed by atoms with Crippen LogP contribution in [0.3, 0.4) is 0 Å². The van der Waals surface area contributed by atoms with Gasteiger partial charge in [0.05, 0.1) is 0 Å². The number of rotatable bonds is 4. The standard InChI is InChI=1S/C23H17N3O2S/c27-22-20(29-23(28)25-22)17-7-5-15(6-8-17)14-26-12-11-24-21(26)19-10-9-16-3-1-2-4-18(16)13-19/h1-13,20H,14H2,(H,25,27,28). The average molecular weight is 399 g/mol. The van der Waals surface area contributed by atoms with Crippen LogP contribution in [0, 0.1) is 0 Å². The maximum Gasteiger partial charge on any atom is 0.286 e. The van der Waals surface area contributed by atoms with Crippen molar-refractivity contribution in [2.75, 3.05) is 0 Å². The minimum absolute atomic E-state index is 0.249. The summed E-state index contributed by atoms with van der Waals surface area (Å²) in [6.07, 6.45) is 3.78. The third-order valence-electron chi connectivity index (χ3n) is 5.05. The van der Waals surface area contributed by atoms with E-state index in [-0.39, 0.29) is 11.1 Å². The lowest BCUT2D eigenvalue weighted by Crippen LogP contribution is -2.20. The van der Waals surface area contributed by atoms with E-state index in [1.807, 2.05) is 48.8 Å². The first kappa shape index (κ1) is 17.7. The van der Waals surface area contributed by atoms with Gasteiger partial charge in [0.1, 0.15) is 11.1 Å². The Kier molecular flexibility index (Phi) is 4.41. The third kappa shape index (κ3) is 3.43. The third-order valence-corrected chi connectivity index (χ3v) is 6.08. The van der Waals surface area contributed by atoms with E-state index in [0.29, 0.717) is 6.54 Å². The maximum absolute atomic E-state index is 11.9. The van der Waals surface area contributed by atoms with Gasteiger partial charge in [-0.15, -0.1) is 0 Å². The molecule has 0 radical (unpaired) electrons. The highest BCUT2D eigenvalue weighted by molar-refractivity contribution is 8.15. The zero-order valence-corrected chi connectivity index (χ0v) is 16.2. The zero-order chi connectivity index (χ0) is 19.8. The van der Waals surface area contributed by atoms with Gasteiger partial charge >= 0.3 is 0 Å². The van der Waals surface area contributed by atoms with E-state index in [0.717, 1.165) is 34.3 Å². The summed E-state index contributed by atoms with van der Waals surface area (Å²) >= 11 is 1.02. The van der Waals surface area contributed by atoms with Crippen molar-refractivity contribution in [2.24, 2.45) is 0 Å². The number of hydrogen-bond acceptors (Lipinski definition) is 4. The van der Waals surface area contributed by atoms with Gasteiger partial charge in [-0.05, 0) is 39.7 Å². The molecule has 3 aromatic carbocycles. The van der Waals surface area contributed by atoms with Crippen molar-refractivity contribution in [3.8, 4) is 11.4 Å². The van der Waals surface area contributed by atoms with Gasteiger partial charge in [-0.1, -0.05) is 60.7 Å². The molecule has 2 amide bonds. The van der Waals surface area contributed by atoms with Crippen molar-refractivity contribution >= 4 is 33.7 Å². The van der Waals surface area contributed by atoms with Crippen LogP contribution in [-0.2, 0) is 11.3 Å². The van der Waals surface area contributed by atoms with Gasteiger partial charge in [-0.25, -0.2) is 4.98 Å². The van der Waals surface area contributed by atoms with E-state index in [1.54, 1.807) is 0 Å². The number of thioether (sulfide) groups is 1. The first-order valence-corrected chi connectivity index (χ1v) is 10.2. The summed E-state index contributed by atoms with van der Waals surface area (Å²) < 4.78 is 2.11. The molecule has 1 N–H and O–H groups in total. The number of benzene rings is 3. The quantitative estimate of drug-likeness (QED) is 0.537. The van der Waals surface area contributed by atoms with Crippen molar-refractivity contribution in [3.05, 3.63) is 90.3 Å². The number of amides is 2. The number of imide groups is 1. The van der Waals surface area contributed by atoms with Gasteiger partial charge in [-0.2, -0.15) is 0 Å². The first-order valence-electron chi connectivity index (χ1n) is 9.28. The number of carbonyl (C=O) groups is 2. The van der Waals surface area contributed by atoms with Crippen LogP contribution in [0.1, 0.15) is 16.4 Å². The van der Waals surface area contributed by atoms with E-state index >= 15 is 0 Å². The van der Waals surface area contributed by atoms with Gasteiger partial charge in [0.15, 0.2) is 0 Å². The lowest BCUT2D eigenvalue weighted by atomic mass is 10.1. The summed E-state index contributed by atoms with van der Waals surface area (Å²) in [7, 11) is 0. The molecular weight excluding hydrogens is 382 g/mol. The highest BCUT2D eigenvalue weighted by Gasteiger charge is 2.32. The van der Waals surface area contributed by atoms with Crippen molar-refractivity contribution in [3.63, 3.8) is 0 Å². The highest BCUT2D eigenvalue weighted by atomic mass is 32.2. The Bertz CT molecular complexity index is 1230. The predicted molar refractivity (Wildman–Crippen MR) is 115 cm³/mol. The number of aromatic nitrogens is 2. The Morgan fingerprint density at radius 1 is 0.966 bits per heavy atom. The molecule has 2 heterocycles. The van der Waals surface area contributed by atoms with Gasteiger partial charge < -0.3 is 4.57 Å². The van der Waals surface area contributed by atoms with Crippen molar-refractivity contribution in [2.45, 2.75) is 11.8 Å². The summed E-state index contributed by atoms with van der Waals surface area (Å²) in [5.74, 6) is 0.664. The fraction of sp³-hybridized carbons (Fsp3) is 0.0870. The molecule has 5 nitrogen and oxygen atoms in total. The van der Waals surface area contributed by atoms with Crippen LogP contribution in [0.5, 0.6) is 0 Å². The number of fused-ring (bicyclic) bond motifs is 1. The molecule has 4 aromatic rings. The Hall–Kier alpha value is -3.38. The monoisotopic (exact) mass is 399 g/mol. The van der Waals surface area contributed by atoms with Gasteiger partial charge in [-0.3, -0.25) is 14.9 Å². The molecule has 6 heteroatoms. The number of nitrogens with zero attached hydrogens (tertiary/aromatic N) is 2. The fourth-order valence-corrected chi connectivity index (χ4v) is 4.43. The summed E-state index contributed by atoms with van der Waals surface area (Å²) in [6.45, 7) is 0.672. The molecular formula is C23H17N3O2S. The largest absolute Gasteiger partial charge is 0.327 e. The SMILES string of the molecule is O=C1NC(=O)C(c2ccc(Cn3ccnc3-c3ccc4ccccc4c3)cc2)S1. The number of hydrogen-bond donors (Lipinski definition) is 1. The van der Waals surface area contributed by atoms with Gasteiger partial charge in [0.25, 0.3) is 5.24 Å². The van der Waals surface area contributed by atoms with Crippen LogP contribution in [0.25, 0.3) is 22.2 Å². The highest BCUT2D eigenvalue weighted by Crippen LogP contribution is 2.34. The maximum atomic E-state index is 11.9. The van der Waals surface area contributed by atoms with Crippen LogP contribution in [0.4, 0.5) is 4.79 Å². The summed E-state index contributed by atoms with van der Waals surface area (Å²) in [5, 5.41) is 3.97.